The molecule has 100 valence electrons. The Balaban J connectivity index is 2.53. The van der Waals surface area contributed by atoms with Gasteiger partial charge in [-0.05, 0) is 33.9 Å². The number of carbonyl (C=O) groups is 1. The zero-order valence-corrected chi connectivity index (χ0v) is 11.5. The van der Waals surface area contributed by atoms with Gasteiger partial charge in [0.15, 0.2) is 0 Å². The summed E-state index contributed by atoms with van der Waals surface area (Å²) in [5.74, 6) is 0.230. The van der Waals surface area contributed by atoms with Crippen LogP contribution in [0.25, 0.3) is 0 Å². The SMILES string of the molecule is CC(N)CC(=O)N(CCN(C)C)C1CCCC1. The molecule has 0 saturated heterocycles. The molecule has 0 bridgehead atoms. The van der Waals surface area contributed by atoms with Crippen LogP contribution in [0.15, 0.2) is 0 Å². The molecule has 1 fully saturated rings. The molecule has 1 rings (SSSR count). The van der Waals surface area contributed by atoms with E-state index in [-0.39, 0.29) is 11.9 Å². The number of hydrogen-bond acceptors (Lipinski definition) is 3. The maximum absolute atomic E-state index is 12.2. The van der Waals surface area contributed by atoms with Crippen LogP contribution in [-0.2, 0) is 4.79 Å². The average molecular weight is 241 g/mol. The van der Waals surface area contributed by atoms with Crippen LogP contribution in [0.4, 0.5) is 0 Å². The van der Waals surface area contributed by atoms with Crippen molar-refractivity contribution < 1.29 is 4.79 Å². The Kier molecular flexibility index (Phi) is 5.92. The third-order valence-corrected chi connectivity index (χ3v) is 3.37. The van der Waals surface area contributed by atoms with Crippen molar-refractivity contribution in [1.82, 2.24) is 9.80 Å². The number of hydrogen-bond donors (Lipinski definition) is 1. The summed E-state index contributed by atoms with van der Waals surface area (Å²) in [6, 6.07) is 0.423. The van der Waals surface area contributed by atoms with Gasteiger partial charge < -0.3 is 15.5 Å². The van der Waals surface area contributed by atoms with E-state index in [0.29, 0.717) is 12.5 Å². The van der Waals surface area contributed by atoms with Crippen molar-refractivity contribution in [1.29, 1.82) is 0 Å². The zero-order valence-electron chi connectivity index (χ0n) is 11.5. The van der Waals surface area contributed by atoms with E-state index in [1.165, 1.54) is 12.8 Å². The molecule has 17 heavy (non-hydrogen) atoms. The molecule has 0 heterocycles. The Labute approximate surface area is 105 Å². The Morgan fingerprint density at radius 3 is 2.35 bits per heavy atom. The van der Waals surface area contributed by atoms with Crippen LogP contribution in [0, 0.1) is 0 Å². The third kappa shape index (κ3) is 5.04. The lowest BCUT2D eigenvalue weighted by Crippen LogP contribution is -2.44. The van der Waals surface area contributed by atoms with Crippen LogP contribution in [0.1, 0.15) is 39.0 Å². The largest absolute Gasteiger partial charge is 0.338 e. The molecule has 0 spiro atoms. The Bertz CT molecular complexity index is 235. The molecule has 1 aliphatic rings. The molecule has 4 nitrogen and oxygen atoms in total. The molecular formula is C13H27N3O. The first kappa shape index (κ1) is 14.5. The molecule has 1 saturated carbocycles. The predicted molar refractivity (Wildman–Crippen MR) is 70.8 cm³/mol. The van der Waals surface area contributed by atoms with Gasteiger partial charge in [-0.2, -0.15) is 0 Å². The molecular weight excluding hydrogens is 214 g/mol. The summed E-state index contributed by atoms with van der Waals surface area (Å²) in [6.45, 7) is 3.67. The second-order valence-electron chi connectivity index (χ2n) is 5.51. The smallest absolute Gasteiger partial charge is 0.224 e. The first-order chi connectivity index (χ1) is 8.00. The number of nitrogens with zero attached hydrogens (tertiary/aromatic N) is 2. The van der Waals surface area contributed by atoms with Crippen molar-refractivity contribution in [2.75, 3.05) is 27.2 Å². The Hall–Kier alpha value is -0.610. The number of nitrogens with two attached hydrogens (primary N) is 1. The van der Waals surface area contributed by atoms with Crippen molar-refractivity contribution in [3.63, 3.8) is 0 Å². The van der Waals surface area contributed by atoms with Gasteiger partial charge in [0.2, 0.25) is 5.91 Å². The van der Waals surface area contributed by atoms with Crippen LogP contribution in [0.5, 0.6) is 0 Å². The fourth-order valence-corrected chi connectivity index (χ4v) is 2.43. The molecule has 0 aliphatic heterocycles. The van der Waals surface area contributed by atoms with Gasteiger partial charge in [0.25, 0.3) is 0 Å². The highest BCUT2D eigenvalue weighted by Gasteiger charge is 2.26. The van der Waals surface area contributed by atoms with E-state index in [4.69, 9.17) is 5.73 Å². The summed E-state index contributed by atoms with van der Waals surface area (Å²) in [5, 5.41) is 0. The second kappa shape index (κ2) is 6.97. The van der Waals surface area contributed by atoms with E-state index in [0.717, 1.165) is 25.9 Å². The topological polar surface area (TPSA) is 49.6 Å². The van der Waals surface area contributed by atoms with Gasteiger partial charge in [0.05, 0.1) is 0 Å². The van der Waals surface area contributed by atoms with Gasteiger partial charge >= 0.3 is 0 Å². The van der Waals surface area contributed by atoms with Crippen molar-refractivity contribution in [2.24, 2.45) is 5.73 Å². The Morgan fingerprint density at radius 1 is 1.29 bits per heavy atom. The van der Waals surface area contributed by atoms with Gasteiger partial charge in [0, 0.05) is 31.6 Å². The standard InChI is InChI=1S/C13H27N3O/c1-11(14)10-13(17)16(9-8-15(2)3)12-6-4-5-7-12/h11-12H,4-10,14H2,1-3H3. The monoisotopic (exact) mass is 241 g/mol. The minimum atomic E-state index is -0.0363. The molecule has 0 aromatic carbocycles. The highest BCUT2D eigenvalue weighted by atomic mass is 16.2. The molecule has 4 heteroatoms. The van der Waals surface area contributed by atoms with Crippen LogP contribution < -0.4 is 5.73 Å². The summed E-state index contributed by atoms with van der Waals surface area (Å²) < 4.78 is 0. The van der Waals surface area contributed by atoms with E-state index < -0.39 is 0 Å². The maximum Gasteiger partial charge on any atom is 0.224 e. The predicted octanol–water partition coefficient (Wildman–Crippen LogP) is 1.06. The first-order valence-corrected chi connectivity index (χ1v) is 6.70. The van der Waals surface area contributed by atoms with E-state index in [1.54, 1.807) is 0 Å². The van der Waals surface area contributed by atoms with Gasteiger partial charge in [-0.15, -0.1) is 0 Å². The van der Waals surface area contributed by atoms with Crippen molar-refractivity contribution >= 4 is 5.91 Å². The van der Waals surface area contributed by atoms with Gasteiger partial charge in [0.1, 0.15) is 0 Å². The molecule has 1 unspecified atom stereocenters. The first-order valence-electron chi connectivity index (χ1n) is 6.70. The van der Waals surface area contributed by atoms with E-state index in [2.05, 4.69) is 9.80 Å². The molecule has 0 aromatic heterocycles. The molecule has 0 radical (unpaired) electrons. The summed E-state index contributed by atoms with van der Waals surface area (Å²) in [6.07, 6.45) is 5.32. The molecule has 1 amide bonds. The Morgan fingerprint density at radius 2 is 1.88 bits per heavy atom. The molecule has 1 atom stereocenters. The fraction of sp³-hybridized carbons (Fsp3) is 0.923. The summed E-state index contributed by atoms with van der Waals surface area (Å²) >= 11 is 0. The van der Waals surface area contributed by atoms with Crippen LogP contribution in [0.3, 0.4) is 0 Å². The fourth-order valence-electron chi connectivity index (χ4n) is 2.43. The zero-order chi connectivity index (χ0) is 12.8. The van der Waals surface area contributed by atoms with E-state index in [9.17, 15) is 4.79 Å². The summed E-state index contributed by atoms with van der Waals surface area (Å²) in [7, 11) is 4.09. The number of amides is 1. The second-order valence-corrected chi connectivity index (χ2v) is 5.51. The van der Waals surface area contributed by atoms with E-state index in [1.807, 2.05) is 21.0 Å². The average Bonchev–Trinajstić information content (AvgIpc) is 2.69. The number of likely N-dealkylation sites (N-methyl/N-ethyl adjacent to an activating group) is 1. The van der Waals surface area contributed by atoms with Gasteiger partial charge in [-0.1, -0.05) is 12.8 Å². The normalized spacial score (nSPS) is 18.6. The molecule has 1 aliphatic carbocycles. The minimum absolute atomic E-state index is 0.0363. The lowest BCUT2D eigenvalue weighted by molar-refractivity contribution is -0.133. The lowest BCUT2D eigenvalue weighted by Gasteiger charge is -2.30. The highest BCUT2D eigenvalue weighted by molar-refractivity contribution is 5.77. The van der Waals surface area contributed by atoms with Crippen molar-refractivity contribution in [2.45, 2.75) is 51.1 Å². The van der Waals surface area contributed by atoms with Crippen LogP contribution in [0.2, 0.25) is 0 Å². The van der Waals surface area contributed by atoms with Crippen LogP contribution >= 0.6 is 0 Å². The highest BCUT2D eigenvalue weighted by Crippen LogP contribution is 2.24. The van der Waals surface area contributed by atoms with Crippen molar-refractivity contribution in [3.8, 4) is 0 Å². The van der Waals surface area contributed by atoms with E-state index >= 15 is 0 Å². The summed E-state index contributed by atoms with van der Waals surface area (Å²) in [5.41, 5.74) is 5.73. The number of rotatable bonds is 6. The van der Waals surface area contributed by atoms with Crippen molar-refractivity contribution in [3.05, 3.63) is 0 Å². The lowest BCUT2D eigenvalue weighted by atomic mass is 10.1. The molecule has 2 N–H and O–H groups in total. The third-order valence-electron chi connectivity index (χ3n) is 3.37. The summed E-state index contributed by atoms with van der Waals surface area (Å²) in [4.78, 5) is 16.4. The number of carbonyl (C=O) groups excluding carboxylic acids is 1. The molecule has 0 aromatic rings. The minimum Gasteiger partial charge on any atom is -0.338 e. The van der Waals surface area contributed by atoms with Gasteiger partial charge in [-0.3, -0.25) is 4.79 Å². The maximum atomic E-state index is 12.2. The van der Waals surface area contributed by atoms with Crippen LogP contribution in [-0.4, -0.2) is 55.0 Å². The quantitative estimate of drug-likeness (QED) is 0.756. The van der Waals surface area contributed by atoms with Gasteiger partial charge in [-0.25, -0.2) is 0 Å².